The summed E-state index contributed by atoms with van der Waals surface area (Å²) in [5.74, 6) is 0.0485. The zero-order valence-corrected chi connectivity index (χ0v) is 20.3. The molecule has 0 aromatic heterocycles. The van der Waals surface area contributed by atoms with E-state index >= 15 is 0 Å². The van der Waals surface area contributed by atoms with Crippen molar-refractivity contribution in [3.05, 3.63) is 56.6 Å². The van der Waals surface area contributed by atoms with Crippen LogP contribution in [0.2, 0.25) is 0 Å². The molecule has 5 nitrogen and oxygen atoms in total. The summed E-state index contributed by atoms with van der Waals surface area (Å²) in [6.07, 6.45) is 1.52. The lowest BCUT2D eigenvalue weighted by Crippen LogP contribution is -2.29. The highest BCUT2D eigenvalue weighted by molar-refractivity contribution is 14.1. The van der Waals surface area contributed by atoms with Crippen molar-refractivity contribution < 1.29 is 9.59 Å². The van der Waals surface area contributed by atoms with Crippen LogP contribution in [0.15, 0.2) is 47.4 Å². The third-order valence-corrected chi connectivity index (χ3v) is 6.11. The first-order chi connectivity index (χ1) is 13.3. The van der Waals surface area contributed by atoms with E-state index < -0.39 is 0 Å². The van der Waals surface area contributed by atoms with Crippen molar-refractivity contribution in [2.24, 2.45) is 0 Å². The van der Waals surface area contributed by atoms with Crippen LogP contribution in [0.1, 0.15) is 26.3 Å². The Hall–Kier alpha value is -1.48. The molecule has 1 aromatic carbocycles. The number of allylic oxidation sites excluding steroid dienone is 1. The molecular formula is C22H28IN3O2S. The van der Waals surface area contributed by atoms with Crippen LogP contribution < -0.4 is 0 Å². The zero-order valence-electron chi connectivity index (χ0n) is 17.2. The average Bonchev–Trinajstić information content (AvgIpc) is 3.45. The molecule has 3 aliphatic heterocycles. The van der Waals surface area contributed by atoms with E-state index in [2.05, 4.69) is 67.6 Å². The van der Waals surface area contributed by atoms with Crippen molar-refractivity contribution in [3.63, 3.8) is 0 Å². The van der Waals surface area contributed by atoms with Gasteiger partial charge in [0.2, 0.25) is 11.6 Å². The SMILES string of the molecule is CC(C)(C)c1ccccc1I.O=C1C=C(N2CC2)C(=O)C(N2CC2)=C1N1CC1.S. The molecule has 0 atom stereocenters. The Morgan fingerprint density at radius 3 is 1.79 bits per heavy atom. The van der Waals surface area contributed by atoms with E-state index in [9.17, 15) is 9.59 Å². The molecule has 0 N–H and O–H groups in total. The summed E-state index contributed by atoms with van der Waals surface area (Å²) >= 11 is 2.39. The van der Waals surface area contributed by atoms with Crippen molar-refractivity contribution in [2.75, 3.05) is 39.3 Å². The number of nitrogens with zero attached hydrogens (tertiary/aromatic N) is 3. The fourth-order valence-electron chi connectivity index (χ4n) is 3.35. The lowest BCUT2D eigenvalue weighted by Gasteiger charge is -2.21. The third-order valence-electron chi connectivity index (χ3n) is 5.17. The number of rotatable bonds is 3. The van der Waals surface area contributed by atoms with E-state index in [1.165, 1.54) is 15.2 Å². The fraction of sp³-hybridized carbons (Fsp3) is 0.455. The molecule has 0 unspecified atom stereocenters. The Kier molecular flexibility index (Phi) is 6.38. The number of carbonyl (C=O) groups excluding carboxylic acids is 2. The summed E-state index contributed by atoms with van der Waals surface area (Å²) in [6, 6.07) is 8.53. The Labute approximate surface area is 193 Å². The second kappa shape index (κ2) is 8.34. The van der Waals surface area contributed by atoms with Crippen molar-refractivity contribution in [2.45, 2.75) is 26.2 Å². The average molecular weight is 525 g/mol. The van der Waals surface area contributed by atoms with Gasteiger partial charge in [0.25, 0.3) is 0 Å². The quantitative estimate of drug-likeness (QED) is 0.345. The van der Waals surface area contributed by atoms with E-state index in [1.54, 1.807) is 0 Å². The number of Topliss-reactive ketones (excluding diaryl/α,β-unsaturated/α-hetero) is 1. The van der Waals surface area contributed by atoms with Crippen LogP contribution in [-0.2, 0) is 15.0 Å². The number of hydrogen-bond donors (Lipinski definition) is 0. The monoisotopic (exact) mass is 525 g/mol. The highest BCUT2D eigenvalue weighted by Crippen LogP contribution is 2.34. The Bertz CT molecular complexity index is 892. The first kappa shape index (κ1) is 22.2. The molecule has 0 amide bonds. The minimum Gasteiger partial charge on any atom is -0.365 e. The molecule has 3 saturated heterocycles. The molecule has 3 heterocycles. The number of benzene rings is 1. The smallest absolute Gasteiger partial charge is 0.227 e. The van der Waals surface area contributed by atoms with Gasteiger partial charge < -0.3 is 14.7 Å². The Morgan fingerprint density at radius 1 is 0.828 bits per heavy atom. The van der Waals surface area contributed by atoms with Gasteiger partial charge in [-0.05, 0) is 39.6 Å². The maximum atomic E-state index is 12.4. The normalized spacial score (nSPS) is 20.0. The van der Waals surface area contributed by atoms with E-state index in [0.717, 1.165) is 39.3 Å². The van der Waals surface area contributed by atoms with Crippen LogP contribution in [0.5, 0.6) is 0 Å². The van der Waals surface area contributed by atoms with Gasteiger partial charge in [-0.25, -0.2) is 0 Å². The predicted octanol–water partition coefficient (Wildman–Crippen LogP) is 2.88. The number of ketones is 2. The molecule has 4 aliphatic rings. The zero-order chi connectivity index (χ0) is 20.1. The molecule has 7 heteroatoms. The van der Waals surface area contributed by atoms with Gasteiger partial charge in [-0.15, -0.1) is 0 Å². The fourth-order valence-corrected chi connectivity index (χ4v) is 4.54. The molecule has 5 rings (SSSR count). The van der Waals surface area contributed by atoms with Crippen molar-refractivity contribution in [1.82, 2.24) is 14.7 Å². The topological polar surface area (TPSA) is 43.2 Å². The predicted molar refractivity (Wildman–Crippen MR) is 128 cm³/mol. The van der Waals surface area contributed by atoms with Gasteiger partial charge in [-0.1, -0.05) is 39.0 Å². The highest BCUT2D eigenvalue weighted by Gasteiger charge is 2.43. The van der Waals surface area contributed by atoms with Gasteiger partial charge in [-0.2, -0.15) is 13.5 Å². The molecule has 0 saturated carbocycles. The van der Waals surface area contributed by atoms with Crippen molar-refractivity contribution >= 4 is 47.7 Å². The molecular weight excluding hydrogens is 497 g/mol. The lowest BCUT2D eigenvalue weighted by atomic mass is 9.87. The van der Waals surface area contributed by atoms with E-state index in [-0.39, 0.29) is 30.5 Å². The maximum absolute atomic E-state index is 12.4. The summed E-state index contributed by atoms with van der Waals surface area (Å²) in [5, 5.41) is 0. The van der Waals surface area contributed by atoms with Gasteiger partial charge >= 0.3 is 0 Å². The van der Waals surface area contributed by atoms with Gasteiger partial charge in [0.05, 0.1) is 5.70 Å². The summed E-state index contributed by atoms with van der Waals surface area (Å²) in [6.45, 7) is 12.1. The van der Waals surface area contributed by atoms with Crippen LogP contribution in [-0.4, -0.2) is 65.5 Å². The molecule has 0 spiro atoms. The highest BCUT2D eigenvalue weighted by atomic mass is 127. The van der Waals surface area contributed by atoms with Crippen LogP contribution in [0.4, 0.5) is 0 Å². The first-order valence-electron chi connectivity index (χ1n) is 9.82. The lowest BCUT2D eigenvalue weighted by molar-refractivity contribution is -0.117. The molecule has 1 aliphatic carbocycles. The van der Waals surface area contributed by atoms with Gasteiger partial charge in [-0.3, -0.25) is 9.59 Å². The summed E-state index contributed by atoms with van der Waals surface area (Å²) in [5.41, 5.74) is 3.59. The second-order valence-electron chi connectivity index (χ2n) is 8.61. The number of carbonyl (C=O) groups is 2. The van der Waals surface area contributed by atoms with E-state index in [4.69, 9.17) is 0 Å². The van der Waals surface area contributed by atoms with E-state index in [1.807, 2.05) is 14.7 Å². The minimum atomic E-state index is 0. The summed E-state index contributed by atoms with van der Waals surface area (Å²) in [7, 11) is 0. The Morgan fingerprint density at radius 2 is 1.34 bits per heavy atom. The van der Waals surface area contributed by atoms with Gasteiger partial charge in [0.1, 0.15) is 11.4 Å². The molecule has 29 heavy (non-hydrogen) atoms. The minimum absolute atomic E-state index is 0. The number of halogens is 1. The standard InChI is InChI=1S/C12H13N3O2.C10H13I.H2S/c16-9-7-8(13-1-2-13)12(17)11(15-5-6-15)10(9)14-3-4-14;1-10(2,3)8-6-4-5-7-9(8)11;/h7H,1-6H2;4-7H,1-3H3;1H2. The maximum Gasteiger partial charge on any atom is 0.227 e. The Balaban J connectivity index is 0.000000177. The third kappa shape index (κ3) is 4.99. The van der Waals surface area contributed by atoms with E-state index in [0.29, 0.717) is 17.1 Å². The summed E-state index contributed by atoms with van der Waals surface area (Å²) in [4.78, 5) is 30.5. The molecule has 0 radical (unpaired) electrons. The van der Waals surface area contributed by atoms with Crippen molar-refractivity contribution in [1.29, 1.82) is 0 Å². The van der Waals surface area contributed by atoms with Crippen LogP contribution in [0, 0.1) is 3.57 Å². The number of hydrogen-bond acceptors (Lipinski definition) is 5. The van der Waals surface area contributed by atoms with Crippen molar-refractivity contribution in [3.8, 4) is 0 Å². The molecule has 1 aromatic rings. The summed E-state index contributed by atoms with van der Waals surface area (Å²) < 4.78 is 1.36. The second-order valence-corrected chi connectivity index (χ2v) is 9.77. The largest absolute Gasteiger partial charge is 0.365 e. The molecule has 156 valence electrons. The van der Waals surface area contributed by atoms with Crippen LogP contribution in [0.25, 0.3) is 0 Å². The molecule has 3 fully saturated rings. The van der Waals surface area contributed by atoms with Crippen LogP contribution >= 0.6 is 36.1 Å². The van der Waals surface area contributed by atoms with Gasteiger partial charge in [0.15, 0.2) is 0 Å². The van der Waals surface area contributed by atoms with Crippen LogP contribution in [0.3, 0.4) is 0 Å². The van der Waals surface area contributed by atoms with Gasteiger partial charge in [0, 0.05) is 48.9 Å². The first-order valence-corrected chi connectivity index (χ1v) is 10.9. The molecule has 0 bridgehead atoms.